The Labute approximate surface area is 299 Å². The van der Waals surface area contributed by atoms with Gasteiger partial charge in [0.25, 0.3) is 0 Å². The van der Waals surface area contributed by atoms with E-state index in [1.54, 1.807) is 12.1 Å². The molecule has 8 heteroatoms. The van der Waals surface area contributed by atoms with E-state index in [-0.39, 0.29) is 10.8 Å². The van der Waals surface area contributed by atoms with E-state index < -0.39 is 25.2 Å². The standard InChI is InChI=1S/C43H46N2O6/c1-27(2)28-12-15-35-31(20-28)14-17-38-42(3,18-7-19-43(35,38)4)26-45-37-16-13-30(29-8-5-10-33(21-29)50-24-39(46)47)23-36(37)44-41(45)32-9-6-11-34(22-32)51-25-40(48)49/h5-6,8-13,15-16,20-23,27,38H,7,14,17-19,24-26H2,1-4H3,(H,46,47)(H,48,49)/t38-,42+,43+/m0/s1. The van der Waals surface area contributed by atoms with E-state index in [0.29, 0.717) is 23.3 Å². The Morgan fingerprint density at radius 1 is 0.843 bits per heavy atom. The van der Waals surface area contributed by atoms with Gasteiger partial charge in [-0.25, -0.2) is 14.6 Å². The van der Waals surface area contributed by atoms with Crippen molar-refractivity contribution in [2.24, 2.45) is 11.3 Å². The molecule has 2 aliphatic carbocycles. The summed E-state index contributed by atoms with van der Waals surface area (Å²) in [5, 5.41) is 18.3. The highest BCUT2D eigenvalue weighted by atomic mass is 16.5. The first-order chi connectivity index (χ1) is 24.4. The molecule has 0 spiro atoms. The number of carboxylic acid groups (broad SMARTS) is 2. The van der Waals surface area contributed by atoms with Gasteiger partial charge in [0.05, 0.1) is 11.0 Å². The molecule has 51 heavy (non-hydrogen) atoms. The third-order valence-corrected chi connectivity index (χ3v) is 11.4. The van der Waals surface area contributed by atoms with Gasteiger partial charge < -0.3 is 24.3 Å². The first-order valence-corrected chi connectivity index (χ1v) is 18.0. The maximum Gasteiger partial charge on any atom is 0.341 e. The summed E-state index contributed by atoms with van der Waals surface area (Å²) in [6.07, 6.45) is 5.69. The topological polar surface area (TPSA) is 111 Å². The van der Waals surface area contributed by atoms with Crippen molar-refractivity contribution in [2.45, 2.75) is 77.7 Å². The van der Waals surface area contributed by atoms with Gasteiger partial charge >= 0.3 is 11.9 Å². The van der Waals surface area contributed by atoms with Crippen LogP contribution in [0.15, 0.2) is 84.9 Å². The fourth-order valence-corrected chi connectivity index (χ4v) is 9.02. The van der Waals surface area contributed by atoms with Crippen LogP contribution in [-0.4, -0.2) is 44.9 Å². The van der Waals surface area contributed by atoms with Gasteiger partial charge in [0.2, 0.25) is 0 Å². The molecule has 1 heterocycles. The van der Waals surface area contributed by atoms with Crippen LogP contribution in [-0.2, 0) is 28.0 Å². The van der Waals surface area contributed by atoms with Crippen LogP contribution in [0.1, 0.15) is 76.0 Å². The molecular formula is C43H46N2O6. The minimum Gasteiger partial charge on any atom is -0.482 e. The molecule has 7 rings (SSSR count). The van der Waals surface area contributed by atoms with Crippen LogP contribution in [0.4, 0.5) is 0 Å². The molecule has 1 aromatic heterocycles. The zero-order chi connectivity index (χ0) is 35.9. The number of rotatable bonds is 11. The molecule has 1 fully saturated rings. The number of carbonyl (C=O) groups is 2. The van der Waals surface area contributed by atoms with E-state index >= 15 is 0 Å². The highest BCUT2D eigenvalue weighted by Crippen LogP contribution is 2.58. The minimum absolute atomic E-state index is 0.00428. The van der Waals surface area contributed by atoms with Crippen LogP contribution in [0.3, 0.4) is 0 Å². The van der Waals surface area contributed by atoms with Gasteiger partial charge in [-0.3, -0.25) is 0 Å². The van der Waals surface area contributed by atoms with Gasteiger partial charge in [0.1, 0.15) is 17.3 Å². The SMILES string of the molecule is CC(C)c1ccc2c(c1)CC[C@H]1[C@@](C)(Cn3c(-c4cccc(OCC(=O)O)c4)nc4cc(-c5cccc(OCC(=O)O)c5)ccc43)CCC[C@]21C. The smallest absolute Gasteiger partial charge is 0.341 e. The summed E-state index contributed by atoms with van der Waals surface area (Å²) in [6.45, 7) is 9.47. The lowest BCUT2D eigenvalue weighted by Crippen LogP contribution is -2.50. The molecule has 0 saturated heterocycles. The zero-order valence-electron chi connectivity index (χ0n) is 29.8. The molecule has 3 atom stereocenters. The lowest BCUT2D eigenvalue weighted by atomic mass is 9.49. The Kier molecular flexibility index (Phi) is 9.12. The van der Waals surface area contributed by atoms with E-state index in [1.807, 2.05) is 36.4 Å². The quantitative estimate of drug-likeness (QED) is 0.143. The number of ether oxygens (including phenoxy) is 2. The van der Waals surface area contributed by atoms with Gasteiger partial charge in [0.15, 0.2) is 13.2 Å². The maximum atomic E-state index is 11.3. The van der Waals surface area contributed by atoms with Crippen molar-refractivity contribution in [3.05, 3.63) is 102 Å². The number of aryl methyl sites for hydroxylation is 1. The first kappa shape index (κ1) is 34.3. The first-order valence-electron chi connectivity index (χ1n) is 18.0. The Hall–Kier alpha value is -5.11. The molecule has 0 radical (unpaired) electrons. The van der Waals surface area contributed by atoms with Gasteiger partial charge in [-0.15, -0.1) is 0 Å². The summed E-state index contributed by atoms with van der Waals surface area (Å²) >= 11 is 0. The molecule has 0 unspecified atom stereocenters. The Morgan fingerprint density at radius 3 is 2.20 bits per heavy atom. The predicted octanol–water partition coefficient (Wildman–Crippen LogP) is 9.13. The number of aromatic nitrogens is 2. The monoisotopic (exact) mass is 686 g/mol. The second-order valence-corrected chi connectivity index (χ2v) is 15.2. The molecule has 2 N–H and O–H groups in total. The van der Waals surface area contributed by atoms with Crippen LogP contribution in [0.5, 0.6) is 11.5 Å². The van der Waals surface area contributed by atoms with Crippen molar-refractivity contribution in [3.63, 3.8) is 0 Å². The number of nitrogens with zero attached hydrogens (tertiary/aromatic N) is 2. The second-order valence-electron chi connectivity index (χ2n) is 15.2. The molecule has 1 saturated carbocycles. The number of carboxylic acids is 2. The van der Waals surface area contributed by atoms with Gasteiger partial charge in [-0.05, 0) is 113 Å². The Bertz CT molecular complexity index is 2120. The van der Waals surface area contributed by atoms with Crippen LogP contribution in [0.2, 0.25) is 0 Å². The highest BCUT2D eigenvalue weighted by Gasteiger charge is 2.52. The lowest BCUT2D eigenvalue weighted by molar-refractivity contribution is -0.140. The van der Waals surface area contributed by atoms with Gasteiger partial charge in [-0.2, -0.15) is 0 Å². The van der Waals surface area contributed by atoms with E-state index in [9.17, 15) is 14.7 Å². The molecule has 5 aromatic rings. The third kappa shape index (κ3) is 6.72. The third-order valence-electron chi connectivity index (χ3n) is 11.4. The predicted molar refractivity (Wildman–Crippen MR) is 199 cm³/mol. The highest BCUT2D eigenvalue weighted by molar-refractivity contribution is 5.86. The second kappa shape index (κ2) is 13.5. The summed E-state index contributed by atoms with van der Waals surface area (Å²) in [6, 6.07) is 28.5. The number of aliphatic carboxylic acids is 2. The minimum atomic E-state index is -1.03. The van der Waals surface area contributed by atoms with Gasteiger partial charge in [0, 0.05) is 12.1 Å². The fraction of sp³-hybridized carbons (Fsp3) is 0.372. The molecule has 8 nitrogen and oxygen atoms in total. The molecule has 0 aliphatic heterocycles. The summed E-state index contributed by atoms with van der Waals surface area (Å²) in [4.78, 5) is 27.6. The number of hydrogen-bond acceptors (Lipinski definition) is 5. The van der Waals surface area contributed by atoms with E-state index in [4.69, 9.17) is 19.6 Å². The normalized spacial score (nSPS) is 21.2. The van der Waals surface area contributed by atoms with Crippen molar-refractivity contribution in [3.8, 4) is 34.0 Å². The van der Waals surface area contributed by atoms with Crippen molar-refractivity contribution in [1.29, 1.82) is 0 Å². The molecular weight excluding hydrogens is 640 g/mol. The molecule has 2 aliphatic rings. The summed E-state index contributed by atoms with van der Waals surface area (Å²) in [7, 11) is 0. The van der Waals surface area contributed by atoms with Crippen LogP contribution < -0.4 is 9.47 Å². The van der Waals surface area contributed by atoms with Crippen LogP contribution in [0.25, 0.3) is 33.5 Å². The van der Waals surface area contributed by atoms with Crippen LogP contribution in [0, 0.1) is 11.3 Å². The van der Waals surface area contributed by atoms with Crippen molar-refractivity contribution < 1.29 is 29.3 Å². The largest absolute Gasteiger partial charge is 0.482 e. The van der Waals surface area contributed by atoms with Crippen molar-refractivity contribution >= 4 is 23.0 Å². The van der Waals surface area contributed by atoms with E-state index in [1.165, 1.54) is 23.1 Å². The molecule has 0 amide bonds. The summed E-state index contributed by atoms with van der Waals surface area (Å²) in [5.41, 5.74) is 9.09. The fourth-order valence-electron chi connectivity index (χ4n) is 9.02. The molecule has 264 valence electrons. The zero-order valence-corrected chi connectivity index (χ0v) is 29.8. The van der Waals surface area contributed by atoms with Crippen molar-refractivity contribution in [2.75, 3.05) is 13.2 Å². The van der Waals surface area contributed by atoms with Crippen LogP contribution >= 0.6 is 0 Å². The van der Waals surface area contributed by atoms with Gasteiger partial charge in [-0.1, -0.05) is 82.6 Å². The maximum absolute atomic E-state index is 11.3. The Balaban J connectivity index is 1.30. The van der Waals surface area contributed by atoms with E-state index in [2.05, 4.69) is 68.7 Å². The number of hydrogen-bond donors (Lipinski definition) is 2. The Morgan fingerprint density at radius 2 is 1.51 bits per heavy atom. The molecule has 0 bridgehead atoms. The van der Waals surface area contributed by atoms with E-state index in [0.717, 1.165) is 65.8 Å². The number of fused-ring (bicyclic) bond motifs is 4. The number of benzene rings is 4. The summed E-state index contributed by atoms with van der Waals surface area (Å²) < 4.78 is 13.4. The average molecular weight is 687 g/mol. The van der Waals surface area contributed by atoms with Crippen molar-refractivity contribution in [1.82, 2.24) is 9.55 Å². The molecule has 4 aromatic carbocycles. The lowest BCUT2D eigenvalue weighted by Gasteiger charge is -2.56. The summed E-state index contributed by atoms with van der Waals surface area (Å²) in [5.74, 6) is 0.721. The number of imidazole rings is 1. The average Bonchev–Trinajstić information content (AvgIpc) is 3.46.